The van der Waals surface area contributed by atoms with Crippen molar-refractivity contribution in [1.29, 1.82) is 0 Å². The number of hydrogen-bond donors (Lipinski definition) is 3. The molecule has 2 aromatic carbocycles. The van der Waals surface area contributed by atoms with E-state index in [1.807, 2.05) is 25.1 Å². The fourth-order valence-electron chi connectivity index (χ4n) is 3.79. The average molecular weight is 427 g/mol. The molecule has 31 heavy (non-hydrogen) atoms. The summed E-state index contributed by atoms with van der Waals surface area (Å²) in [5, 5.41) is 4.10. The van der Waals surface area contributed by atoms with Gasteiger partial charge in [-0.25, -0.2) is 5.43 Å². The highest BCUT2D eigenvalue weighted by atomic mass is 16.5. The van der Waals surface area contributed by atoms with Crippen molar-refractivity contribution in [3.63, 3.8) is 0 Å². The molecule has 0 atom stereocenters. The number of piperazine rings is 1. The van der Waals surface area contributed by atoms with Gasteiger partial charge in [-0.1, -0.05) is 29.8 Å². The maximum atomic E-state index is 12.3. The summed E-state index contributed by atoms with van der Waals surface area (Å²) in [6, 6.07) is 14.3. The molecule has 0 aromatic heterocycles. The van der Waals surface area contributed by atoms with Crippen LogP contribution in [0.5, 0.6) is 11.5 Å². The second-order valence-corrected chi connectivity index (χ2v) is 7.98. The molecule has 1 aliphatic heterocycles. The Morgan fingerprint density at radius 2 is 1.77 bits per heavy atom. The molecular weight excluding hydrogens is 392 g/mol. The van der Waals surface area contributed by atoms with Crippen LogP contribution < -0.4 is 24.7 Å². The largest absolute Gasteiger partial charge is 0.493 e. The highest BCUT2D eigenvalue weighted by Gasteiger charge is 2.24. The van der Waals surface area contributed by atoms with Gasteiger partial charge in [0, 0.05) is 5.56 Å². The molecule has 7 nitrogen and oxygen atoms in total. The minimum Gasteiger partial charge on any atom is -0.493 e. The molecule has 3 N–H and O–H groups in total. The van der Waals surface area contributed by atoms with E-state index >= 15 is 0 Å². The fraction of sp³-hybridized carbons (Fsp3) is 0.417. The summed E-state index contributed by atoms with van der Waals surface area (Å²) < 4.78 is 10.9. The Balaban J connectivity index is 1.40. The van der Waals surface area contributed by atoms with Crippen LogP contribution in [0.2, 0.25) is 0 Å². The van der Waals surface area contributed by atoms with E-state index in [0.29, 0.717) is 24.7 Å². The molecule has 0 saturated carbocycles. The smallest absolute Gasteiger partial charge is 0.295 e. The zero-order chi connectivity index (χ0) is 22.1. The Morgan fingerprint density at radius 3 is 2.45 bits per heavy atom. The molecule has 3 rings (SSSR count). The lowest BCUT2D eigenvalue weighted by Gasteiger charge is -2.29. The van der Waals surface area contributed by atoms with Crippen LogP contribution in [-0.4, -0.2) is 58.6 Å². The van der Waals surface area contributed by atoms with Gasteiger partial charge in [0.15, 0.2) is 18.0 Å². The van der Waals surface area contributed by atoms with Crippen molar-refractivity contribution < 1.29 is 24.1 Å². The molecule has 0 radical (unpaired) electrons. The lowest BCUT2D eigenvalue weighted by Crippen LogP contribution is -3.28. The van der Waals surface area contributed by atoms with Gasteiger partial charge in [0.1, 0.15) is 32.7 Å². The second-order valence-electron chi connectivity index (χ2n) is 7.98. The zero-order valence-electron chi connectivity index (χ0n) is 18.7. The third kappa shape index (κ3) is 7.08. The van der Waals surface area contributed by atoms with Crippen molar-refractivity contribution in [2.75, 3.05) is 46.4 Å². The first kappa shape index (κ1) is 22.8. The van der Waals surface area contributed by atoms with E-state index in [0.717, 1.165) is 38.3 Å². The Morgan fingerprint density at radius 1 is 1.06 bits per heavy atom. The number of ether oxygens (including phenoxy) is 2. The molecule has 1 heterocycles. The molecule has 166 valence electrons. The standard InChI is InChI=1S/C24H32N4O3/c1-4-31-22-10-9-21(15-23(22)30-3)16-25-26-24(29)18-28-13-11-27(12-14-28)17-20-7-5-19(2)6-8-20/h5-10,15-16H,4,11-14,17-18H2,1-3H3,(H,26,29)/p+2/b25-16-. The third-order valence-electron chi connectivity index (χ3n) is 5.54. The molecule has 1 fully saturated rings. The van der Waals surface area contributed by atoms with Crippen molar-refractivity contribution in [1.82, 2.24) is 5.43 Å². The van der Waals surface area contributed by atoms with Crippen molar-refractivity contribution >= 4 is 12.1 Å². The summed E-state index contributed by atoms with van der Waals surface area (Å²) >= 11 is 0. The van der Waals surface area contributed by atoms with Crippen LogP contribution in [0.3, 0.4) is 0 Å². The molecule has 2 aromatic rings. The molecule has 7 heteroatoms. The van der Waals surface area contributed by atoms with E-state index in [9.17, 15) is 4.79 Å². The van der Waals surface area contributed by atoms with Crippen molar-refractivity contribution in [2.24, 2.45) is 5.10 Å². The predicted molar refractivity (Wildman–Crippen MR) is 121 cm³/mol. The predicted octanol–water partition coefficient (Wildman–Crippen LogP) is -0.164. The summed E-state index contributed by atoms with van der Waals surface area (Å²) in [7, 11) is 1.60. The van der Waals surface area contributed by atoms with Crippen LogP contribution in [0, 0.1) is 6.92 Å². The van der Waals surface area contributed by atoms with Crippen LogP contribution in [0.4, 0.5) is 0 Å². The quantitative estimate of drug-likeness (QED) is 0.386. The number of carbonyl (C=O) groups excluding carboxylic acids is 1. The van der Waals surface area contributed by atoms with Gasteiger partial charge in [0.05, 0.1) is 19.9 Å². The van der Waals surface area contributed by atoms with Gasteiger partial charge in [-0.05, 0) is 37.6 Å². The maximum Gasteiger partial charge on any atom is 0.295 e. The number of carbonyl (C=O) groups is 1. The molecule has 0 bridgehead atoms. The Hall–Kier alpha value is -2.90. The lowest BCUT2D eigenvalue weighted by atomic mass is 10.1. The molecule has 1 amide bonds. The SMILES string of the molecule is CCOc1ccc(/C=N\NC(=O)C[NH+]2CC[NH+](Cc3ccc(C)cc3)CC2)cc1OC. The average Bonchev–Trinajstić information content (AvgIpc) is 2.78. The number of hydrazone groups is 1. The number of nitrogens with one attached hydrogen (secondary N) is 3. The van der Waals surface area contributed by atoms with Crippen LogP contribution in [-0.2, 0) is 11.3 Å². The van der Waals surface area contributed by atoms with Gasteiger partial charge in [-0.3, -0.25) is 4.79 Å². The maximum absolute atomic E-state index is 12.3. The number of hydrogen-bond acceptors (Lipinski definition) is 4. The first-order valence-electron chi connectivity index (χ1n) is 10.9. The number of benzene rings is 2. The van der Waals surface area contributed by atoms with Gasteiger partial charge in [0.25, 0.3) is 5.91 Å². The summed E-state index contributed by atoms with van der Waals surface area (Å²) in [6.45, 7) is 10.3. The monoisotopic (exact) mass is 426 g/mol. The summed E-state index contributed by atoms with van der Waals surface area (Å²) in [5.74, 6) is 1.28. The van der Waals surface area contributed by atoms with Crippen molar-refractivity contribution in [2.45, 2.75) is 20.4 Å². The number of nitrogens with zero attached hydrogens (tertiary/aromatic N) is 1. The van der Waals surface area contributed by atoms with E-state index in [2.05, 4.69) is 41.7 Å². The van der Waals surface area contributed by atoms with Gasteiger partial charge < -0.3 is 19.3 Å². The lowest BCUT2D eigenvalue weighted by molar-refractivity contribution is -1.02. The van der Waals surface area contributed by atoms with E-state index in [1.165, 1.54) is 16.0 Å². The Bertz CT molecular complexity index is 875. The number of methoxy groups -OCH3 is 1. The molecule has 0 spiro atoms. The van der Waals surface area contributed by atoms with Crippen LogP contribution in [0.1, 0.15) is 23.6 Å². The van der Waals surface area contributed by atoms with Crippen molar-refractivity contribution in [3.05, 3.63) is 59.2 Å². The van der Waals surface area contributed by atoms with Crippen LogP contribution in [0.15, 0.2) is 47.6 Å². The summed E-state index contributed by atoms with van der Waals surface area (Å²) in [4.78, 5) is 15.2. The molecule has 1 saturated heterocycles. The van der Waals surface area contributed by atoms with Gasteiger partial charge in [0.2, 0.25) is 0 Å². The minimum atomic E-state index is -0.0638. The van der Waals surface area contributed by atoms with Gasteiger partial charge >= 0.3 is 0 Å². The van der Waals surface area contributed by atoms with Gasteiger partial charge in [-0.15, -0.1) is 0 Å². The van der Waals surface area contributed by atoms with Gasteiger partial charge in [-0.2, -0.15) is 5.10 Å². The Labute approximate surface area is 184 Å². The Kier molecular flexibility index (Phi) is 8.44. The van der Waals surface area contributed by atoms with Crippen molar-refractivity contribution in [3.8, 4) is 11.5 Å². The van der Waals surface area contributed by atoms with Crippen LogP contribution in [0.25, 0.3) is 0 Å². The number of amides is 1. The number of rotatable bonds is 9. The van der Waals surface area contributed by atoms with E-state index in [4.69, 9.17) is 9.47 Å². The molecule has 0 unspecified atom stereocenters. The van der Waals surface area contributed by atoms with E-state index < -0.39 is 0 Å². The molecule has 1 aliphatic rings. The third-order valence-corrected chi connectivity index (χ3v) is 5.54. The number of aryl methyl sites for hydroxylation is 1. The zero-order valence-corrected chi connectivity index (χ0v) is 18.7. The number of quaternary nitrogens is 2. The van der Waals surface area contributed by atoms with E-state index in [-0.39, 0.29) is 5.91 Å². The normalized spacial score (nSPS) is 18.7. The van der Waals surface area contributed by atoms with E-state index in [1.54, 1.807) is 18.2 Å². The highest BCUT2D eigenvalue weighted by Crippen LogP contribution is 2.27. The second kappa shape index (κ2) is 11.5. The fourth-order valence-corrected chi connectivity index (χ4v) is 3.79. The minimum absolute atomic E-state index is 0.0638. The molecular formula is C24H34N4O3+2. The first-order valence-corrected chi connectivity index (χ1v) is 10.9. The summed E-state index contributed by atoms with van der Waals surface area (Å²) in [6.07, 6.45) is 1.62. The first-order chi connectivity index (χ1) is 15.1. The molecule has 0 aliphatic carbocycles. The highest BCUT2D eigenvalue weighted by molar-refractivity contribution is 5.83. The topological polar surface area (TPSA) is 68.8 Å². The summed E-state index contributed by atoms with van der Waals surface area (Å²) in [5.41, 5.74) is 6.15. The van der Waals surface area contributed by atoms with Crippen LogP contribution >= 0.6 is 0 Å².